The predicted octanol–water partition coefficient (Wildman–Crippen LogP) is 4.08. The maximum absolute atomic E-state index is 10.7. The monoisotopic (exact) mass is 402 g/mol. The van der Waals surface area contributed by atoms with Gasteiger partial charge in [0.15, 0.2) is 0 Å². The van der Waals surface area contributed by atoms with Crippen molar-refractivity contribution in [2.24, 2.45) is 0 Å². The third kappa shape index (κ3) is 2.92. The fraction of sp³-hybridized carbons (Fsp3) is 0.357. The summed E-state index contributed by atoms with van der Waals surface area (Å²) in [7, 11) is 1.59. The van der Waals surface area contributed by atoms with Crippen LogP contribution in [0.3, 0.4) is 0 Å². The molecule has 4 nitrogen and oxygen atoms in total. The van der Waals surface area contributed by atoms with Gasteiger partial charge < -0.3 is 9.84 Å². The first kappa shape index (κ1) is 15.5. The van der Waals surface area contributed by atoms with Crippen LogP contribution in [-0.4, -0.2) is 22.0 Å². The number of rotatable bonds is 4. The van der Waals surface area contributed by atoms with Gasteiger partial charge in [0.05, 0.1) is 23.5 Å². The quantitative estimate of drug-likeness (QED) is 0.836. The third-order valence-electron chi connectivity index (χ3n) is 3.02. The summed E-state index contributed by atoms with van der Waals surface area (Å²) in [5.74, 6) is 0.643. The predicted molar refractivity (Wildman–Crippen MR) is 85.1 cm³/mol. The van der Waals surface area contributed by atoms with Crippen LogP contribution in [0.4, 0.5) is 0 Å². The molecule has 2 aromatic rings. The minimum Gasteiger partial charge on any atom is -0.496 e. The van der Waals surface area contributed by atoms with Crippen LogP contribution < -0.4 is 4.74 Å². The topological polar surface area (TPSA) is 47.3 Å². The van der Waals surface area contributed by atoms with Gasteiger partial charge in [0, 0.05) is 16.1 Å². The molecule has 1 aromatic carbocycles. The molecule has 2 rings (SSSR count). The Morgan fingerprint density at radius 3 is 2.60 bits per heavy atom. The summed E-state index contributed by atoms with van der Waals surface area (Å²) < 4.78 is 8.80. The molecule has 0 spiro atoms. The average Bonchev–Trinajstić information content (AvgIpc) is 2.80. The molecule has 0 saturated heterocycles. The second-order valence-electron chi connectivity index (χ2n) is 4.70. The number of methoxy groups -OCH3 is 1. The van der Waals surface area contributed by atoms with Gasteiger partial charge in [-0.2, -0.15) is 5.10 Å². The van der Waals surface area contributed by atoms with Crippen LogP contribution in [0, 0.1) is 0 Å². The van der Waals surface area contributed by atoms with Gasteiger partial charge in [0.2, 0.25) is 0 Å². The minimum atomic E-state index is -0.818. The molecule has 0 aliphatic carbocycles. The SMILES string of the molecule is COc1ccc(Br)cc1C(O)c1c(Br)cnn1C(C)C. The Kier molecular flexibility index (Phi) is 4.88. The van der Waals surface area contributed by atoms with E-state index in [-0.39, 0.29) is 6.04 Å². The lowest BCUT2D eigenvalue weighted by Crippen LogP contribution is -2.13. The lowest BCUT2D eigenvalue weighted by molar-refractivity contribution is 0.199. The van der Waals surface area contributed by atoms with Crippen molar-refractivity contribution >= 4 is 31.9 Å². The number of hydrogen-bond acceptors (Lipinski definition) is 3. The molecule has 1 atom stereocenters. The van der Waals surface area contributed by atoms with Gasteiger partial charge in [-0.05, 0) is 48.0 Å². The molecule has 0 radical (unpaired) electrons. The normalized spacial score (nSPS) is 12.8. The fourth-order valence-electron chi connectivity index (χ4n) is 2.08. The van der Waals surface area contributed by atoms with E-state index < -0.39 is 6.10 Å². The van der Waals surface area contributed by atoms with E-state index in [1.165, 1.54) is 0 Å². The second-order valence-corrected chi connectivity index (χ2v) is 6.47. The zero-order valence-corrected chi connectivity index (χ0v) is 14.6. The smallest absolute Gasteiger partial charge is 0.125 e. The first-order chi connectivity index (χ1) is 9.45. The summed E-state index contributed by atoms with van der Waals surface area (Å²) in [6.07, 6.45) is 0.880. The van der Waals surface area contributed by atoms with Crippen LogP contribution in [0.2, 0.25) is 0 Å². The molecule has 0 saturated carbocycles. The molecule has 20 heavy (non-hydrogen) atoms. The van der Waals surface area contributed by atoms with Gasteiger partial charge in [-0.25, -0.2) is 0 Å². The Bertz CT molecular complexity index is 611. The highest BCUT2D eigenvalue weighted by molar-refractivity contribution is 9.10. The first-order valence-electron chi connectivity index (χ1n) is 6.20. The maximum Gasteiger partial charge on any atom is 0.125 e. The lowest BCUT2D eigenvalue weighted by atomic mass is 10.1. The molecular formula is C14H16Br2N2O2. The highest BCUT2D eigenvalue weighted by Gasteiger charge is 2.23. The number of aromatic nitrogens is 2. The fourth-order valence-corrected chi connectivity index (χ4v) is 2.95. The van der Waals surface area contributed by atoms with Crippen LogP contribution in [0.15, 0.2) is 33.3 Å². The zero-order valence-electron chi connectivity index (χ0n) is 11.5. The van der Waals surface area contributed by atoms with Crippen LogP contribution in [0.25, 0.3) is 0 Å². The molecule has 0 aliphatic heterocycles. The number of hydrogen-bond donors (Lipinski definition) is 1. The Morgan fingerprint density at radius 1 is 1.30 bits per heavy atom. The van der Waals surface area contributed by atoms with Crippen molar-refractivity contribution in [3.63, 3.8) is 0 Å². The number of halogens is 2. The number of ether oxygens (including phenoxy) is 1. The lowest BCUT2D eigenvalue weighted by Gasteiger charge is -2.19. The van der Waals surface area contributed by atoms with E-state index in [0.717, 1.165) is 14.6 Å². The largest absolute Gasteiger partial charge is 0.496 e. The van der Waals surface area contributed by atoms with Gasteiger partial charge >= 0.3 is 0 Å². The van der Waals surface area contributed by atoms with E-state index in [2.05, 4.69) is 37.0 Å². The summed E-state index contributed by atoms with van der Waals surface area (Å²) in [6.45, 7) is 4.04. The van der Waals surface area contributed by atoms with E-state index in [4.69, 9.17) is 4.74 Å². The third-order valence-corrected chi connectivity index (χ3v) is 4.13. The van der Waals surface area contributed by atoms with Gasteiger partial charge in [-0.1, -0.05) is 15.9 Å². The van der Waals surface area contributed by atoms with Gasteiger partial charge in [0.25, 0.3) is 0 Å². The number of benzene rings is 1. The first-order valence-corrected chi connectivity index (χ1v) is 7.78. The van der Waals surface area contributed by atoms with E-state index in [0.29, 0.717) is 11.3 Å². The van der Waals surface area contributed by atoms with Crippen molar-refractivity contribution in [2.45, 2.75) is 26.0 Å². The minimum absolute atomic E-state index is 0.157. The van der Waals surface area contributed by atoms with Crippen molar-refractivity contribution in [3.05, 3.63) is 44.6 Å². The zero-order chi connectivity index (χ0) is 14.9. The molecule has 1 unspecified atom stereocenters. The maximum atomic E-state index is 10.7. The van der Waals surface area contributed by atoms with Crippen molar-refractivity contribution in [1.82, 2.24) is 9.78 Å². The van der Waals surface area contributed by atoms with Crippen LogP contribution in [0.1, 0.15) is 37.3 Å². The Hall–Kier alpha value is -0.850. The molecule has 1 N–H and O–H groups in total. The van der Waals surface area contributed by atoms with Gasteiger partial charge in [-0.15, -0.1) is 0 Å². The van der Waals surface area contributed by atoms with Crippen LogP contribution in [0.5, 0.6) is 5.75 Å². The standard InChI is InChI=1S/C14H16Br2N2O2/c1-8(2)18-13(11(16)7-17-18)14(19)10-6-9(15)4-5-12(10)20-3/h4-8,14,19H,1-3H3. The summed E-state index contributed by atoms with van der Waals surface area (Å²) in [4.78, 5) is 0. The van der Waals surface area contributed by atoms with Crippen LogP contribution >= 0.6 is 31.9 Å². The summed E-state index contributed by atoms with van der Waals surface area (Å²) in [5.41, 5.74) is 1.42. The highest BCUT2D eigenvalue weighted by Crippen LogP contribution is 2.36. The van der Waals surface area contributed by atoms with E-state index in [1.807, 2.05) is 32.0 Å². The Morgan fingerprint density at radius 2 is 2.00 bits per heavy atom. The molecule has 6 heteroatoms. The van der Waals surface area contributed by atoms with Gasteiger partial charge in [0.1, 0.15) is 11.9 Å². The molecule has 0 amide bonds. The molecular weight excluding hydrogens is 388 g/mol. The molecule has 1 heterocycles. The van der Waals surface area contributed by atoms with Crippen molar-refractivity contribution in [3.8, 4) is 5.75 Å². The van der Waals surface area contributed by atoms with E-state index >= 15 is 0 Å². The molecule has 0 aliphatic rings. The number of aliphatic hydroxyl groups excluding tert-OH is 1. The molecule has 1 aromatic heterocycles. The molecule has 0 fully saturated rings. The summed E-state index contributed by atoms with van der Waals surface area (Å²) >= 11 is 6.87. The summed E-state index contributed by atoms with van der Waals surface area (Å²) in [5, 5.41) is 15.0. The van der Waals surface area contributed by atoms with Crippen molar-refractivity contribution in [1.29, 1.82) is 0 Å². The van der Waals surface area contributed by atoms with E-state index in [9.17, 15) is 5.11 Å². The molecule has 0 bridgehead atoms. The molecule has 108 valence electrons. The number of nitrogens with zero attached hydrogens (tertiary/aromatic N) is 2. The van der Waals surface area contributed by atoms with Crippen LogP contribution in [-0.2, 0) is 0 Å². The Labute approximate surface area is 135 Å². The Balaban J connectivity index is 2.54. The second kappa shape index (κ2) is 6.28. The number of aliphatic hydroxyl groups is 1. The van der Waals surface area contributed by atoms with Crippen molar-refractivity contribution < 1.29 is 9.84 Å². The van der Waals surface area contributed by atoms with Gasteiger partial charge in [-0.3, -0.25) is 4.68 Å². The summed E-state index contributed by atoms with van der Waals surface area (Å²) in [6, 6.07) is 5.72. The van der Waals surface area contributed by atoms with E-state index in [1.54, 1.807) is 18.0 Å². The van der Waals surface area contributed by atoms with Crippen molar-refractivity contribution in [2.75, 3.05) is 7.11 Å². The highest BCUT2D eigenvalue weighted by atomic mass is 79.9. The average molecular weight is 404 g/mol.